The lowest BCUT2D eigenvalue weighted by Gasteiger charge is -2.29. The summed E-state index contributed by atoms with van der Waals surface area (Å²) < 4.78 is 0. The highest BCUT2D eigenvalue weighted by Crippen LogP contribution is 2.23. The summed E-state index contributed by atoms with van der Waals surface area (Å²) in [6.45, 7) is 3.05. The lowest BCUT2D eigenvalue weighted by molar-refractivity contribution is -0.140. The van der Waals surface area contributed by atoms with E-state index in [4.69, 9.17) is 28.8 Å². The first-order chi connectivity index (χ1) is 35.4. The van der Waals surface area contributed by atoms with Gasteiger partial charge in [-0.05, 0) is 90.9 Å². The average molecular weight is 1030 g/mol. The number of rotatable bonds is 23. The molecule has 0 aliphatic carbocycles. The Labute approximate surface area is 433 Å². The van der Waals surface area contributed by atoms with Gasteiger partial charge in [0, 0.05) is 56.2 Å². The fourth-order valence-corrected chi connectivity index (χ4v) is 8.62. The maximum atomic E-state index is 14.6. The molecule has 4 aromatic carbocycles. The molecule has 1 aliphatic heterocycles. The minimum atomic E-state index is -1.35. The molecule has 21 heteroatoms. The molecule has 8 amide bonds. The topological polar surface area (TPSA) is 315 Å². The molecule has 20 nitrogen and oxygen atoms in total. The van der Waals surface area contributed by atoms with Crippen LogP contribution in [-0.2, 0) is 52.8 Å². The zero-order chi connectivity index (χ0) is 53.3. The van der Waals surface area contributed by atoms with Crippen LogP contribution in [0.3, 0.4) is 0 Å². The molecule has 5 aromatic rings. The van der Waals surface area contributed by atoms with Gasteiger partial charge in [0.1, 0.15) is 36.3 Å². The van der Waals surface area contributed by atoms with Crippen LogP contribution in [0.2, 0.25) is 5.02 Å². The Hall–Kier alpha value is -8.39. The van der Waals surface area contributed by atoms with Gasteiger partial charge < -0.3 is 54.0 Å². The van der Waals surface area contributed by atoms with E-state index in [1.165, 1.54) is 37.1 Å². The predicted molar refractivity (Wildman–Crippen MR) is 280 cm³/mol. The van der Waals surface area contributed by atoms with Crippen LogP contribution in [0.5, 0.6) is 0 Å². The number of para-hydroxylation sites is 1. The van der Waals surface area contributed by atoms with Gasteiger partial charge in [0.05, 0.1) is 11.3 Å². The number of nitrogens with zero attached hydrogens (tertiary/aromatic N) is 3. The van der Waals surface area contributed by atoms with E-state index in [1.807, 2.05) is 42.5 Å². The van der Waals surface area contributed by atoms with Crippen LogP contribution in [-0.4, -0.2) is 112 Å². The van der Waals surface area contributed by atoms with Crippen molar-refractivity contribution in [3.8, 4) is 0 Å². The second-order valence-corrected chi connectivity index (χ2v) is 18.4. The second-order valence-electron chi connectivity index (χ2n) is 17.9. The van der Waals surface area contributed by atoms with E-state index in [1.54, 1.807) is 54.6 Å². The van der Waals surface area contributed by atoms with Crippen LogP contribution in [0, 0.1) is 0 Å². The molecule has 12 N–H and O–H groups in total. The van der Waals surface area contributed by atoms with E-state index in [0.717, 1.165) is 16.3 Å². The number of carbonyl (C=O) groups is 8. The van der Waals surface area contributed by atoms with Crippen LogP contribution in [0.15, 0.2) is 120 Å². The Bertz CT molecular complexity index is 2860. The molecule has 0 spiro atoms. The highest BCUT2D eigenvalue weighted by molar-refractivity contribution is 6.30. The molecular formula is C53H61ClN12O8. The van der Waals surface area contributed by atoms with E-state index in [-0.39, 0.29) is 62.4 Å². The molecule has 1 fully saturated rings. The molecule has 1 aromatic heterocycles. The number of amides is 8. The van der Waals surface area contributed by atoms with Gasteiger partial charge in [-0.2, -0.15) is 0 Å². The number of nitrogens with two attached hydrogens (primary N) is 3. The largest absolute Gasteiger partial charge is 0.370 e. The summed E-state index contributed by atoms with van der Waals surface area (Å²) >= 11 is 6.20. The van der Waals surface area contributed by atoms with Crippen molar-refractivity contribution in [3.05, 3.63) is 143 Å². The van der Waals surface area contributed by atoms with Crippen molar-refractivity contribution in [1.82, 2.24) is 36.5 Å². The Balaban J connectivity index is 1.24. The smallest absolute Gasteiger partial charge is 0.254 e. The highest BCUT2D eigenvalue weighted by atomic mass is 35.5. The van der Waals surface area contributed by atoms with Crippen molar-refractivity contribution in [2.24, 2.45) is 22.2 Å². The summed E-state index contributed by atoms with van der Waals surface area (Å²) in [6, 6.07) is 24.4. The van der Waals surface area contributed by atoms with Gasteiger partial charge in [0.15, 0.2) is 5.96 Å². The number of primary amides is 1. The summed E-state index contributed by atoms with van der Waals surface area (Å²) in [7, 11) is 0. The van der Waals surface area contributed by atoms with Crippen LogP contribution < -0.4 is 49.1 Å². The first kappa shape index (κ1) is 54.9. The van der Waals surface area contributed by atoms with Gasteiger partial charge >= 0.3 is 0 Å². The SMILES string of the molecule is CC(=O)N[C@H](Cc1ccc2ccccc2c1)C(=O)N[C@H](Cc1ccc(Cl)cc1)C(=O)N[C@H](Cc1ccccn1)C(=O)Nc1ccccc1C(=O)N[C@@H](CCCN=C(N)N)C(=O)N1CCC[C@H]1C(=O)N[C@H](C)C(N)=O. The van der Waals surface area contributed by atoms with Crippen molar-refractivity contribution >= 4 is 81.3 Å². The van der Waals surface area contributed by atoms with Gasteiger partial charge in [-0.15, -0.1) is 0 Å². The molecule has 6 atom stereocenters. The molecule has 74 heavy (non-hydrogen) atoms. The van der Waals surface area contributed by atoms with Crippen molar-refractivity contribution in [1.29, 1.82) is 0 Å². The first-order valence-electron chi connectivity index (χ1n) is 24.1. The fourth-order valence-electron chi connectivity index (χ4n) is 8.49. The highest BCUT2D eigenvalue weighted by Gasteiger charge is 2.39. The quantitative estimate of drug-likeness (QED) is 0.0259. The predicted octanol–water partition coefficient (Wildman–Crippen LogP) is 2.16. The summed E-state index contributed by atoms with van der Waals surface area (Å²) in [5.41, 5.74) is 18.2. The summed E-state index contributed by atoms with van der Waals surface area (Å²) in [5, 5.41) is 18.8. The number of aromatic nitrogens is 1. The Kier molecular flexibility index (Phi) is 19.6. The first-order valence-corrected chi connectivity index (χ1v) is 24.5. The normalized spacial score (nSPS) is 15.0. The number of hydrogen-bond acceptors (Lipinski definition) is 10. The Morgan fingerprint density at radius 2 is 1.34 bits per heavy atom. The number of benzene rings is 4. The number of pyridine rings is 1. The Morgan fingerprint density at radius 1 is 0.703 bits per heavy atom. The van der Waals surface area contributed by atoms with Gasteiger partial charge in [-0.25, -0.2) is 0 Å². The summed E-state index contributed by atoms with van der Waals surface area (Å²) in [4.78, 5) is 119. The van der Waals surface area contributed by atoms with E-state index >= 15 is 0 Å². The van der Waals surface area contributed by atoms with Gasteiger partial charge in [-0.1, -0.05) is 84.4 Å². The number of likely N-dealkylation sites (tertiary alicyclic amines) is 1. The third-order valence-electron chi connectivity index (χ3n) is 12.3. The lowest BCUT2D eigenvalue weighted by Crippen LogP contribution is -2.57. The molecule has 1 aliphatic rings. The van der Waals surface area contributed by atoms with E-state index < -0.39 is 83.5 Å². The van der Waals surface area contributed by atoms with Crippen molar-refractivity contribution in [2.75, 3.05) is 18.4 Å². The standard InChI is InChI=1S/C53H61ClN12O8/c1-31(46(55)68)60-51(73)45-17-10-26-66(45)52(74)41(16-9-25-59-53(56)57)63-47(69)39-14-5-6-15-40(39)62-50(72)44(30-38-13-7-8-24-58-38)65-49(71)43(28-33-19-22-37(54)23-20-33)64-48(70)42(61-32(2)67)29-34-18-21-35-11-3-4-12-36(35)27-34/h3-8,11-15,18-24,27,31,41-45H,9-10,16-17,25-26,28-30H2,1-2H3,(H2,55,68)(H,60,73)(H,61,67)(H,62,72)(H,63,69)(H,64,70)(H,65,71)(H4,56,57,59)/t31-,41+,42-,43-,44-,45+/m1/s1. The second kappa shape index (κ2) is 26.3. The van der Waals surface area contributed by atoms with Gasteiger partial charge in [0.25, 0.3) is 5.91 Å². The third-order valence-corrected chi connectivity index (χ3v) is 12.6. The molecule has 0 unspecified atom stereocenters. The number of anilines is 1. The van der Waals surface area contributed by atoms with Crippen molar-refractivity contribution in [2.45, 2.75) is 95.0 Å². The number of guanidine groups is 1. The van der Waals surface area contributed by atoms with Crippen molar-refractivity contribution < 1.29 is 38.4 Å². The van der Waals surface area contributed by atoms with E-state index in [0.29, 0.717) is 29.1 Å². The number of carbonyl (C=O) groups excluding carboxylic acids is 8. The number of halogens is 1. The van der Waals surface area contributed by atoms with Crippen LogP contribution in [0.25, 0.3) is 10.8 Å². The van der Waals surface area contributed by atoms with Crippen LogP contribution in [0.1, 0.15) is 66.7 Å². The molecule has 0 saturated carbocycles. The number of aliphatic imine (C=N–C) groups is 1. The minimum Gasteiger partial charge on any atom is -0.370 e. The van der Waals surface area contributed by atoms with Gasteiger partial charge in [0.2, 0.25) is 41.4 Å². The molecule has 0 radical (unpaired) electrons. The van der Waals surface area contributed by atoms with Crippen LogP contribution in [0.4, 0.5) is 5.69 Å². The molecule has 1 saturated heterocycles. The minimum absolute atomic E-state index is 0.0266. The average Bonchev–Trinajstić information content (AvgIpc) is 3.88. The van der Waals surface area contributed by atoms with E-state index in [9.17, 15) is 38.4 Å². The monoisotopic (exact) mass is 1030 g/mol. The van der Waals surface area contributed by atoms with E-state index in [2.05, 4.69) is 41.9 Å². The molecular weight excluding hydrogens is 968 g/mol. The summed E-state index contributed by atoms with van der Waals surface area (Å²) in [5.74, 6) is -5.42. The Morgan fingerprint density at radius 3 is 2.01 bits per heavy atom. The summed E-state index contributed by atoms with van der Waals surface area (Å²) in [6.07, 6.45) is 2.55. The number of hydrogen-bond donors (Lipinski definition) is 9. The molecule has 6 rings (SSSR count). The molecule has 388 valence electrons. The van der Waals surface area contributed by atoms with Gasteiger partial charge in [-0.3, -0.25) is 48.3 Å². The molecule has 2 heterocycles. The third kappa shape index (κ3) is 15.8. The maximum Gasteiger partial charge on any atom is 0.254 e. The molecule has 0 bridgehead atoms. The maximum absolute atomic E-state index is 14.6. The van der Waals surface area contributed by atoms with Crippen molar-refractivity contribution in [3.63, 3.8) is 0 Å². The van der Waals surface area contributed by atoms with Crippen LogP contribution >= 0.6 is 11.6 Å². The number of nitrogens with one attached hydrogen (secondary N) is 6. The lowest BCUT2D eigenvalue weighted by atomic mass is 9.99. The number of fused-ring (bicyclic) bond motifs is 1. The zero-order valence-electron chi connectivity index (χ0n) is 41.0. The fraction of sp³-hybridized carbons (Fsp3) is 0.321. The zero-order valence-corrected chi connectivity index (χ0v) is 41.8.